The Bertz CT molecular complexity index is 904. The van der Waals surface area contributed by atoms with Gasteiger partial charge in [0.1, 0.15) is 16.5 Å². The molecular weight excluding hydrogens is 372 g/mol. The molecule has 1 atom stereocenters. The Balaban J connectivity index is 1.52. The maximum Gasteiger partial charge on any atom is 0.261 e. The number of nitrogens with one attached hydrogen (secondary N) is 1. The number of ether oxygens (including phenoxy) is 2. The van der Waals surface area contributed by atoms with E-state index < -0.39 is 6.10 Å². The molecule has 146 valence electrons. The molecule has 0 saturated carbocycles. The lowest BCUT2D eigenvalue weighted by atomic mass is 10.2. The van der Waals surface area contributed by atoms with Crippen molar-refractivity contribution in [3.8, 4) is 22.1 Å². The average molecular weight is 397 g/mol. The van der Waals surface area contributed by atoms with E-state index >= 15 is 0 Å². The van der Waals surface area contributed by atoms with Gasteiger partial charge in [-0.2, -0.15) is 0 Å². The van der Waals surface area contributed by atoms with Gasteiger partial charge in [-0.15, -0.1) is 11.3 Å². The molecule has 0 spiro atoms. The van der Waals surface area contributed by atoms with E-state index in [4.69, 9.17) is 9.47 Å². The van der Waals surface area contributed by atoms with Crippen molar-refractivity contribution in [1.82, 2.24) is 10.3 Å². The molecule has 1 heterocycles. The molecule has 3 aromatic rings. The van der Waals surface area contributed by atoms with Crippen molar-refractivity contribution >= 4 is 17.2 Å². The zero-order chi connectivity index (χ0) is 19.9. The summed E-state index contributed by atoms with van der Waals surface area (Å²) in [5.41, 5.74) is 3.08. The summed E-state index contributed by atoms with van der Waals surface area (Å²) in [6.45, 7) is 4.21. The predicted octanol–water partition coefficient (Wildman–Crippen LogP) is 4.46. The molecule has 0 saturated heterocycles. The van der Waals surface area contributed by atoms with E-state index in [-0.39, 0.29) is 5.91 Å². The molecule has 1 aromatic heterocycles. The number of aromatic nitrogens is 1. The van der Waals surface area contributed by atoms with Crippen LogP contribution in [0, 0.1) is 0 Å². The highest BCUT2D eigenvalue weighted by Crippen LogP contribution is 2.25. The van der Waals surface area contributed by atoms with Gasteiger partial charge in [0.05, 0.1) is 19.3 Å². The highest BCUT2D eigenvalue weighted by atomic mass is 32.1. The first-order valence-corrected chi connectivity index (χ1v) is 10.1. The minimum absolute atomic E-state index is 0.168. The third-order valence-corrected chi connectivity index (χ3v) is 5.29. The molecule has 0 aliphatic heterocycles. The fraction of sp³-hybridized carbons (Fsp3) is 0.273. The molecule has 1 amide bonds. The number of hydrogen-bond acceptors (Lipinski definition) is 5. The molecule has 0 unspecified atom stereocenters. The van der Waals surface area contributed by atoms with Gasteiger partial charge in [0.25, 0.3) is 5.91 Å². The predicted molar refractivity (Wildman–Crippen MR) is 112 cm³/mol. The maximum atomic E-state index is 12.3. The molecule has 0 radical (unpaired) electrons. The van der Waals surface area contributed by atoms with E-state index in [0.29, 0.717) is 12.3 Å². The molecule has 28 heavy (non-hydrogen) atoms. The summed E-state index contributed by atoms with van der Waals surface area (Å²) in [4.78, 5) is 16.9. The minimum atomic E-state index is -0.577. The Morgan fingerprint density at radius 2 is 1.79 bits per heavy atom. The van der Waals surface area contributed by atoms with E-state index in [1.807, 2.05) is 53.9 Å². The zero-order valence-corrected chi connectivity index (χ0v) is 17.1. The van der Waals surface area contributed by atoms with Crippen molar-refractivity contribution in [2.45, 2.75) is 32.9 Å². The van der Waals surface area contributed by atoms with E-state index in [1.165, 1.54) is 5.56 Å². The van der Waals surface area contributed by atoms with Crippen LogP contribution in [0.15, 0.2) is 53.9 Å². The number of carbonyl (C=O) groups is 1. The largest absolute Gasteiger partial charge is 0.497 e. The van der Waals surface area contributed by atoms with Gasteiger partial charge < -0.3 is 14.8 Å². The quantitative estimate of drug-likeness (QED) is 0.610. The Morgan fingerprint density at radius 3 is 2.43 bits per heavy atom. The van der Waals surface area contributed by atoms with Crippen molar-refractivity contribution in [3.63, 3.8) is 0 Å². The van der Waals surface area contributed by atoms with Crippen molar-refractivity contribution in [2.24, 2.45) is 0 Å². The standard InChI is InChI=1S/C22H24N2O3S/c1-4-16-5-9-20(10-6-16)27-15(2)21(25)23-13-18-14-28-22(24-18)17-7-11-19(26-3)12-8-17/h5-12,14-15H,4,13H2,1-3H3,(H,23,25)/t15-/m1/s1. The lowest BCUT2D eigenvalue weighted by molar-refractivity contribution is -0.127. The molecular formula is C22H24N2O3S. The number of aryl methyl sites for hydroxylation is 1. The Kier molecular flexibility index (Phi) is 6.66. The van der Waals surface area contributed by atoms with E-state index in [0.717, 1.165) is 28.4 Å². The number of methoxy groups -OCH3 is 1. The van der Waals surface area contributed by atoms with Gasteiger partial charge in [0.15, 0.2) is 6.10 Å². The number of benzene rings is 2. The first-order chi connectivity index (χ1) is 13.6. The first-order valence-electron chi connectivity index (χ1n) is 9.21. The van der Waals surface area contributed by atoms with E-state index in [9.17, 15) is 4.79 Å². The first kappa shape index (κ1) is 19.9. The van der Waals surface area contributed by atoms with Crippen LogP contribution in [0.4, 0.5) is 0 Å². The van der Waals surface area contributed by atoms with Crippen LogP contribution in [0.5, 0.6) is 11.5 Å². The highest BCUT2D eigenvalue weighted by Gasteiger charge is 2.15. The monoisotopic (exact) mass is 396 g/mol. The number of amides is 1. The maximum absolute atomic E-state index is 12.3. The second-order valence-corrected chi connectivity index (χ2v) is 7.21. The van der Waals surface area contributed by atoms with Gasteiger partial charge in [-0.25, -0.2) is 4.98 Å². The van der Waals surface area contributed by atoms with Crippen molar-refractivity contribution in [1.29, 1.82) is 0 Å². The average Bonchev–Trinajstić information content (AvgIpc) is 3.21. The van der Waals surface area contributed by atoms with Gasteiger partial charge in [0, 0.05) is 10.9 Å². The summed E-state index contributed by atoms with van der Waals surface area (Å²) < 4.78 is 10.9. The minimum Gasteiger partial charge on any atom is -0.497 e. The fourth-order valence-corrected chi connectivity index (χ4v) is 3.46. The third kappa shape index (κ3) is 5.10. The SMILES string of the molecule is CCc1ccc(O[C@H](C)C(=O)NCc2csc(-c3ccc(OC)cc3)n2)cc1. The Morgan fingerprint density at radius 1 is 1.11 bits per heavy atom. The van der Waals surface area contributed by atoms with Crippen LogP contribution in [0.3, 0.4) is 0 Å². The van der Waals surface area contributed by atoms with Crippen molar-refractivity contribution in [2.75, 3.05) is 7.11 Å². The summed E-state index contributed by atoms with van der Waals surface area (Å²) in [6.07, 6.45) is 0.398. The summed E-state index contributed by atoms with van der Waals surface area (Å²) >= 11 is 1.55. The Hall–Kier alpha value is -2.86. The zero-order valence-electron chi connectivity index (χ0n) is 16.3. The van der Waals surface area contributed by atoms with Gasteiger partial charge in [-0.1, -0.05) is 19.1 Å². The lowest BCUT2D eigenvalue weighted by Crippen LogP contribution is -2.35. The molecule has 0 fully saturated rings. The number of nitrogens with zero attached hydrogens (tertiary/aromatic N) is 1. The van der Waals surface area contributed by atoms with E-state index in [2.05, 4.69) is 17.2 Å². The molecule has 0 aliphatic rings. The highest BCUT2D eigenvalue weighted by molar-refractivity contribution is 7.13. The summed E-state index contributed by atoms with van der Waals surface area (Å²) in [6, 6.07) is 15.6. The number of carbonyl (C=O) groups excluding carboxylic acids is 1. The normalized spacial score (nSPS) is 11.7. The molecule has 0 bridgehead atoms. The van der Waals surface area contributed by atoms with Crippen LogP contribution in [0.2, 0.25) is 0 Å². The molecule has 0 aliphatic carbocycles. The molecule has 5 nitrogen and oxygen atoms in total. The van der Waals surface area contributed by atoms with Gasteiger partial charge in [-0.05, 0) is 55.3 Å². The smallest absolute Gasteiger partial charge is 0.261 e. The topological polar surface area (TPSA) is 60.5 Å². The van der Waals surface area contributed by atoms with Gasteiger partial charge >= 0.3 is 0 Å². The second-order valence-electron chi connectivity index (χ2n) is 6.35. The van der Waals surface area contributed by atoms with Crippen LogP contribution in [0.1, 0.15) is 25.1 Å². The second kappa shape index (κ2) is 9.37. The van der Waals surface area contributed by atoms with Crippen LogP contribution in [0.25, 0.3) is 10.6 Å². The molecule has 1 N–H and O–H groups in total. The number of rotatable bonds is 8. The summed E-state index contributed by atoms with van der Waals surface area (Å²) in [7, 11) is 1.64. The molecule has 6 heteroatoms. The van der Waals surface area contributed by atoms with Gasteiger partial charge in [0.2, 0.25) is 0 Å². The van der Waals surface area contributed by atoms with Crippen molar-refractivity contribution in [3.05, 3.63) is 65.2 Å². The van der Waals surface area contributed by atoms with Crippen LogP contribution in [-0.4, -0.2) is 24.1 Å². The van der Waals surface area contributed by atoms with Crippen LogP contribution < -0.4 is 14.8 Å². The van der Waals surface area contributed by atoms with Crippen LogP contribution >= 0.6 is 11.3 Å². The third-order valence-electron chi connectivity index (χ3n) is 4.35. The van der Waals surface area contributed by atoms with E-state index in [1.54, 1.807) is 25.4 Å². The number of hydrogen-bond donors (Lipinski definition) is 1. The Labute approximate surface area is 169 Å². The van der Waals surface area contributed by atoms with Crippen LogP contribution in [-0.2, 0) is 17.8 Å². The summed E-state index contributed by atoms with van der Waals surface area (Å²) in [5.74, 6) is 1.33. The molecule has 2 aromatic carbocycles. The fourth-order valence-electron chi connectivity index (χ4n) is 2.64. The van der Waals surface area contributed by atoms with Crippen molar-refractivity contribution < 1.29 is 14.3 Å². The lowest BCUT2D eigenvalue weighted by Gasteiger charge is -2.14. The summed E-state index contributed by atoms with van der Waals surface area (Å²) in [5, 5.41) is 5.75. The molecule has 3 rings (SSSR count). The number of thiazole rings is 1. The van der Waals surface area contributed by atoms with Gasteiger partial charge in [-0.3, -0.25) is 4.79 Å².